The van der Waals surface area contributed by atoms with E-state index in [0.717, 1.165) is 22.4 Å². The van der Waals surface area contributed by atoms with Crippen LogP contribution in [0, 0.1) is 0 Å². The number of benzene rings is 2. The molecule has 0 aliphatic heterocycles. The minimum atomic E-state index is -0.919. The second-order valence-electron chi connectivity index (χ2n) is 5.21. The number of carboxylic acids is 1. The van der Waals surface area contributed by atoms with Crippen molar-refractivity contribution in [2.45, 2.75) is 19.3 Å². The molecule has 3 heteroatoms. The average Bonchev–Trinajstić information content (AvgIpc) is 2.47. The zero-order valence-corrected chi connectivity index (χ0v) is 11.9. The Labute approximate surface area is 118 Å². The van der Waals surface area contributed by atoms with Gasteiger partial charge in [-0.3, -0.25) is 4.79 Å². The van der Waals surface area contributed by atoms with Gasteiger partial charge in [-0.05, 0) is 37.1 Å². The van der Waals surface area contributed by atoms with E-state index < -0.39 is 11.4 Å². The molecule has 2 aromatic rings. The van der Waals surface area contributed by atoms with Crippen LogP contribution in [-0.2, 0) is 10.2 Å². The fourth-order valence-electron chi connectivity index (χ4n) is 2.08. The highest BCUT2D eigenvalue weighted by atomic mass is 16.5. The van der Waals surface area contributed by atoms with Crippen molar-refractivity contribution in [3.8, 4) is 16.9 Å². The summed E-state index contributed by atoms with van der Waals surface area (Å²) in [5.74, 6) is -0.0625. The lowest BCUT2D eigenvalue weighted by Crippen LogP contribution is -2.28. The van der Waals surface area contributed by atoms with Crippen LogP contribution in [0.1, 0.15) is 19.4 Å². The maximum Gasteiger partial charge on any atom is 0.313 e. The van der Waals surface area contributed by atoms with Gasteiger partial charge in [0.05, 0.1) is 12.5 Å². The minimum Gasteiger partial charge on any atom is -0.496 e. The highest BCUT2D eigenvalue weighted by Gasteiger charge is 2.29. The van der Waals surface area contributed by atoms with Gasteiger partial charge in [-0.1, -0.05) is 36.4 Å². The molecule has 0 aliphatic carbocycles. The normalized spacial score (nSPS) is 11.2. The lowest BCUT2D eigenvalue weighted by molar-refractivity contribution is -0.142. The molecule has 3 nitrogen and oxygen atoms in total. The number of rotatable bonds is 4. The quantitative estimate of drug-likeness (QED) is 0.921. The topological polar surface area (TPSA) is 46.5 Å². The zero-order valence-electron chi connectivity index (χ0n) is 11.9. The van der Waals surface area contributed by atoms with Crippen molar-refractivity contribution in [3.63, 3.8) is 0 Å². The Balaban J connectivity index is 2.53. The highest BCUT2D eigenvalue weighted by Crippen LogP contribution is 2.33. The summed E-state index contributed by atoms with van der Waals surface area (Å²) in [6.45, 7) is 3.41. The molecule has 0 aromatic heterocycles. The molecule has 0 bridgehead atoms. The second kappa shape index (κ2) is 5.37. The fourth-order valence-corrected chi connectivity index (χ4v) is 2.08. The molecule has 20 heavy (non-hydrogen) atoms. The van der Waals surface area contributed by atoms with Crippen LogP contribution >= 0.6 is 0 Å². The third kappa shape index (κ3) is 2.52. The largest absolute Gasteiger partial charge is 0.496 e. The van der Waals surface area contributed by atoms with Crippen molar-refractivity contribution >= 4 is 5.97 Å². The number of methoxy groups -OCH3 is 1. The SMILES string of the molecule is COc1ccccc1-c1cccc(C(C)(C)C(=O)O)c1. The minimum absolute atomic E-state index is 0.772. The van der Waals surface area contributed by atoms with E-state index in [2.05, 4.69) is 0 Å². The van der Waals surface area contributed by atoms with Gasteiger partial charge in [0.25, 0.3) is 0 Å². The van der Waals surface area contributed by atoms with E-state index in [1.807, 2.05) is 48.5 Å². The summed E-state index contributed by atoms with van der Waals surface area (Å²) in [6, 6.07) is 15.3. The van der Waals surface area contributed by atoms with Crippen LogP contribution in [0.25, 0.3) is 11.1 Å². The molecule has 104 valence electrons. The maximum absolute atomic E-state index is 11.4. The summed E-state index contributed by atoms with van der Waals surface area (Å²) in [5.41, 5.74) is 1.76. The number of hydrogen-bond donors (Lipinski definition) is 1. The molecule has 1 N–H and O–H groups in total. The van der Waals surface area contributed by atoms with E-state index in [0.29, 0.717) is 0 Å². The predicted molar refractivity (Wildman–Crippen MR) is 79.1 cm³/mol. The van der Waals surface area contributed by atoms with Crippen molar-refractivity contribution in [1.82, 2.24) is 0 Å². The van der Waals surface area contributed by atoms with Crippen LogP contribution in [0.15, 0.2) is 48.5 Å². The van der Waals surface area contributed by atoms with E-state index in [9.17, 15) is 9.90 Å². The fraction of sp³-hybridized carbons (Fsp3) is 0.235. The average molecular weight is 270 g/mol. The summed E-state index contributed by atoms with van der Waals surface area (Å²) in [4.78, 5) is 11.4. The Morgan fingerprint density at radius 3 is 2.45 bits per heavy atom. The van der Waals surface area contributed by atoms with E-state index in [1.54, 1.807) is 21.0 Å². The third-order valence-electron chi connectivity index (χ3n) is 3.54. The molecule has 0 spiro atoms. The number of para-hydroxylation sites is 1. The monoisotopic (exact) mass is 270 g/mol. The lowest BCUT2D eigenvalue weighted by atomic mass is 9.83. The molecule has 0 saturated carbocycles. The Morgan fingerprint density at radius 2 is 1.80 bits per heavy atom. The number of carbonyl (C=O) groups is 1. The van der Waals surface area contributed by atoms with Crippen LogP contribution < -0.4 is 4.74 Å². The maximum atomic E-state index is 11.4. The molecular weight excluding hydrogens is 252 g/mol. The smallest absolute Gasteiger partial charge is 0.313 e. The van der Waals surface area contributed by atoms with Crippen LogP contribution in [0.4, 0.5) is 0 Å². The van der Waals surface area contributed by atoms with E-state index >= 15 is 0 Å². The molecule has 0 heterocycles. The Hall–Kier alpha value is -2.29. The van der Waals surface area contributed by atoms with E-state index in [4.69, 9.17) is 4.74 Å². The van der Waals surface area contributed by atoms with Gasteiger partial charge in [-0.15, -0.1) is 0 Å². The molecule has 0 fully saturated rings. The van der Waals surface area contributed by atoms with Gasteiger partial charge in [-0.2, -0.15) is 0 Å². The summed E-state index contributed by atoms with van der Waals surface area (Å²) in [6.07, 6.45) is 0. The van der Waals surface area contributed by atoms with Gasteiger partial charge >= 0.3 is 5.97 Å². The first-order chi connectivity index (χ1) is 9.46. The molecule has 0 aliphatic rings. The Morgan fingerprint density at radius 1 is 1.10 bits per heavy atom. The van der Waals surface area contributed by atoms with Crippen molar-refractivity contribution in [2.75, 3.05) is 7.11 Å². The van der Waals surface area contributed by atoms with Crippen molar-refractivity contribution in [3.05, 3.63) is 54.1 Å². The van der Waals surface area contributed by atoms with Crippen molar-refractivity contribution in [1.29, 1.82) is 0 Å². The van der Waals surface area contributed by atoms with Gasteiger partial charge in [0, 0.05) is 5.56 Å². The molecular formula is C17H18O3. The van der Waals surface area contributed by atoms with Gasteiger partial charge in [0.1, 0.15) is 5.75 Å². The van der Waals surface area contributed by atoms with Crippen molar-refractivity contribution < 1.29 is 14.6 Å². The molecule has 0 atom stereocenters. The van der Waals surface area contributed by atoms with Crippen LogP contribution in [0.3, 0.4) is 0 Å². The highest BCUT2D eigenvalue weighted by molar-refractivity contribution is 5.81. The van der Waals surface area contributed by atoms with Gasteiger partial charge in [0.2, 0.25) is 0 Å². The van der Waals surface area contributed by atoms with Gasteiger partial charge in [0.15, 0.2) is 0 Å². The van der Waals surface area contributed by atoms with Gasteiger partial charge < -0.3 is 9.84 Å². The Kier molecular flexibility index (Phi) is 3.79. The number of ether oxygens (including phenoxy) is 1. The van der Waals surface area contributed by atoms with Crippen molar-refractivity contribution in [2.24, 2.45) is 0 Å². The van der Waals surface area contributed by atoms with Crippen LogP contribution in [0.2, 0.25) is 0 Å². The van der Waals surface area contributed by atoms with Crippen LogP contribution in [-0.4, -0.2) is 18.2 Å². The lowest BCUT2D eigenvalue weighted by Gasteiger charge is -2.20. The molecule has 0 unspecified atom stereocenters. The zero-order chi connectivity index (χ0) is 14.8. The molecule has 0 saturated heterocycles. The number of aliphatic carboxylic acids is 1. The molecule has 0 amide bonds. The van der Waals surface area contributed by atoms with E-state index in [-0.39, 0.29) is 0 Å². The first kappa shape index (κ1) is 14.1. The standard InChI is InChI=1S/C17H18O3/c1-17(2,16(18)19)13-8-6-7-12(11-13)14-9-4-5-10-15(14)20-3/h4-11H,1-3H3,(H,18,19). The number of hydrogen-bond acceptors (Lipinski definition) is 2. The van der Waals surface area contributed by atoms with E-state index in [1.165, 1.54) is 0 Å². The number of carboxylic acid groups (broad SMARTS) is 1. The predicted octanol–water partition coefficient (Wildman–Crippen LogP) is 3.72. The first-order valence-corrected chi connectivity index (χ1v) is 6.44. The third-order valence-corrected chi connectivity index (χ3v) is 3.54. The summed E-state index contributed by atoms with van der Waals surface area (Å²) >= 11 is 0. The van der Waals surface area contributed by atoms with Crippen LogP contribution in [0.5, 0.6) is 5.75 Å². The molecule has 2 rings (SSSR count). The summed E-state index contributed by atoms with van der Waals surface area (Å²) in [7, 11) is 1.63. The summed E-state index contributed by atoms with van der Waals surface area (Å²) < 4.78 is 5.36. The molecule has 2 aromatic carbocycles. The first-order valence-electron chi connectivity index (χ1n) is 6.44. The molecule has 0 radical (unpaired) electrons. The van der Waals surface area contributed by atoms with Gasteiger partial charge in [-0.25, -0.2) is 0 Å². The second-order valence-corrected chi connectivity index (χ2v) is 5.21. The summed E-state index contributed by atoms with van der Waals surface area (Å²) in [5, 5.41) is 9.33. The Bertz CT molecular complexity index is 630.